The second-order valence-corrected chi connectivity index (χ2v) is 3.96. The normalized spacial score (nSPS) is 41.7. The number of rotatable bonds is 1. The van der Waals surface area contributed by atoms with Gasteiger partial charge >= 0.3 is 0 Å². The van der Waals surface area contributed by atoms with Crippen LogP contribution in [0.3, 0.4) is 0 Å². The summed E-state index contributed by atoms with van der Waals surface area (Å²) in [5.41, 5.74) is 5.80. The van der Waals surface area contributed by atoms with Crippen LogP contribution >= 0.6 is 0 Å². The molecule has 58 valence electrons. The van der Waals surface area contributed by atoms with E-state index in [0.717, 1.165) is 11.8 Å². The van der Waals surface area contributed by atoms with Crippen molar-refractivity contribution in [3.05, 3.63) is 0 Å². The quantitative estimate of drug-likeness (QED) is 0.590. The van der Waals surface area contributed by atoms with Gasteiger partial charge in [0.25, 0.3) is 0 Å². The molecule has 0 bridgehead atoms. The SMILES string of the molecule is N[C@H]1C[C@@H]1C1CCCCC1. The Hall–Kier alpha value is -0.0400. The molecule has 0 spiro atoms. The Balaban J connectivity index is 1.81. The Morgan fingerprint density at radius 3 is 2.10 bits per heavy atom. The van der Waals surface area contributed by atoms with E-state index in [4.69, 9.17) is 5.73 Å². The summed E-state index contributed by atoms with van der Waals surface area (Å²) in [6.45, 7) is 0. The van der Waals surface area contributed by atoms with Gasteiger partial charge in [-0.25, -0.2) is 0 Å². The molecule has 1 heteroatoms. The summed E-state index contributed by atoms with van der Waals surface area (Å²) in [5, 5.41) is 0. The number of hydrogen-bond acceptors (Lipinski definition) is 1. The molecule has 2 rings (SSSR count). The maximum atomic E-state index is 5.80. The molecule has 2 aliphatic carbocycles. The molecule has 0 radical (unpaired) electrons. The highest BCUT2D eigenvalue weighted by atomic mass is 14.8. The van der Waals surface area contributed by atoms with Crippen molar-refractivity contribution in [3.8, 4) is 0 Å². The molecule has 0 aromatic carbocycles. The van der Waals surface area contributed by atoms with Gasteiger partial charge in [-0.15, -0.1) is 0 Å². The third-order valence-corrected chi connectivity index (χ3v) is 3.15. The first-order valence-corrected chi connectivity index (χ1v) is 4.63. The molecular weight excluding hydrogens is 122 g/mol. The van der Waals surface area contributed by atoms with E-state index in [0.29, 0.717) is 6.04 Å². The summed E-state index contributed by atoms with van der Waals surface area (Å²) in [6.07, 6.45) is 8.67. The van der Waals surface area contributed by atoms with Crippen molar-refractivity contribution in [2.45, 2.75) is 44.6 Å². The Labute approximate surface area is 63.0 Å². The van der Waals surface area contributed by atoms with Gasteiger partial charge in [0, 0.05) is 6.04 Å². The summed E-state index contributed by atoms with van der Waals surface area (Å²) in [6, 6.07) is 0.586. The summed E-state index contributed by atoms with van der Waals surface area (Å²) in [7, 11) is 0. The summed E-state index contributed by atoms with van der Waals surface area (Å²) in [5.74, 6) is 1.95. The van der Waals surface area contributed by atoms with Crippen LogP contribution in [0.5, 0.6) is 0 Å². The van der Waals surface area contributed by atoms with Crippen LogP contribution in [0.15, 0.2) is 0 Å². The van der Waals surface area contributed by atoms with Gasteiger partial charge < -0.3 is 5.73 Å². The molecule has 1 nitrogen and oxygen atoms in total. The molecular formula is C9H17N. The lowest BCUT2D eigenvalue weighted by Crippen LogP contribution is -2.13. The van der Waals surface area contributed by atoms with E-state index in [1.807, 2.05) is 0 Å². The second-order valence-electron chi connectivity index (χ2n) is 3.96. The van der Waals surface area contributed by atoms with Crippen LogP contribution < -0.4 is 5.73 Å². The van der Waals surface area contributed by atoms with Crippen molar-refractivity contribution in [1.29, 1.82) is 0 Å². The highest BCUT2D eigenvalue weighted by Gasteiger charge is 2.39. The molecule has 2 fully saturated rings. The van der Waals surface area contributed by atoms with E-state index in [1.165, 1.54) is 38.5 Å². The van der Waals surface area contributed by atoms with Crippen LogP contribution in [0.25, 0.3) is 0 Å². The topological polar surface area (TPSA) is 26.0 Å². The predicted octanol–water partition coefficient (Wildman–Crippen LogP) is 1.91. The molecule has 2 N–H and O–H groups in total. The van der Waals surface area contributed by atoms with Gasteiger partial charge in [-0.05, 0) is 18.3 Å². The first-order valence-electron chi connectivity index (χ1n) is 4.63. The van der Waals surface area contributed by atoms with Gasteiger partial charge in [0.2, 0.25) is 0 Å². The molecule has 2 saturated carbocycles. The number of hydrogen-bond donors (Lipinski definition) is 1. The summed E-state index contributed by atoms with van der Waals surface area (Å²) < 4.78 is 0. The van der Waals surface area contributed by atoms with Crippen molar-refractivity contribution in [1.82, 2.24) is 0 Å². The van der Waals surface area contributed by atoms with Crippen LogP contribution in [0, 0.1) is 11.8 Å². The molecule has 2 aliphatic rings. The Morgan fingerprint density at radius 1 is 1.00 bits per heavy atom. The molecule has 0 aliphatic heterocycles. The highest BCUT2D eigenvalue weighted by molar-refractivity contribution is 4.95. The van der Waals surface area contributed by atoms with Gasteiger partial charge in [-0.1, -0.05) is 32.1 Å². The van der Waals surface area contributed by atoms with Crippen LogP contribution in [0.2, 0.25) is 0 Å². The van der Waals surface area contributed by atoms with Crippen molar-refractivity contribution in [2.75, 3.05) is 0 Å². The average Bonchev–Trinajstić information content (AvgIpc) is 2.69. The van der Waals surface area contributed by atoms with Crippen LogP contribution in [-0.2, 0) is 0 Å². The zero-order valence-electron chi connectivity index (χ0n) is 6.55. The van der Waals surface area contributed by atoms with Gasteiger partial charge in [-0.2, -0.15) is 0 Å². The standard InChI is InChI=1S/C9H17N/c10-9-6-8(9)7-4-2-1-3-5-7/h7-9H,1-6,10H2/t8-,9+/m1/s1. The van der Waals surface area contributed by atoms with Crippen molar-refractivity contribution in [3.63, 3.8) is 0 Å². The Kier molecular flexibility index (Phi) is 1.69. The summed E-state index contributed by atoms with van der Waals surface area (Å²) in [4.78, 5) is 0. The lowest BCUT2D eigenvalue weighted by atomic mass is 9.86. The minimum Gasteiger partial charge on any atom is -0.327 e. The molecule has 10 heavy (non-hydrogen) atoms. The molecule has 2 atom stereocenters. The molecule has 0 heterocycles. The Morgan fingerprint density at radius 2 is 1.60 bits per heavy atom. The van der Waals surface area contributed by atoms with Gasteiger partial charge in [0.1, 0.15) is 0 Å². The monoisotopic (exact) mass is 139 g/mol. The summed E-state index contributed by atoms with van der Waals surface area (Å²) >= 11 is 0. The van der Waals surface area contributed by atoms with Gasteiger partial charge in [-0.3, -0.25) is 0 Å². The first-order chi connectivity index (χ1) is 4.88. The van der Waals surface area contributed by atoms with Crippen LogP contribution in [0.4, 0.5) is 0 Å². The predicted molar refractivity (Wildman–Crippen MR) is 42.7 cm³/mol. The molecule has 0 amide bonds. The zero-order chi connectivity index (χ0) is 6.97. The molecule has 0 unspecified atom stereocenters. The lowest BCUT2D eigenvalue weighted by molar-refractivity contribution is 0.318. The van der Waals surface area contributed by atoms with Crippen molar-refractivity contribution >= 4 is 0 Å². The molecule has 0 aromatic heterocycles. The van der Waals surface area contributed by atoms with E-state index in [1.54, 1.807) is 0 Å². The minimum atomic E-state index is 0.586. The molecule has 0 saturated heterocycles. The number of nitrogens with two attached hydrogens (primary N) is 1. The maximum absolute atomic E-state index is 5.80. The fraction of sp³-hybridized carbons (Fsp3) is 1.00. The van der Waals surface area contributed by atoms with E-state index in [2.05, 4.69) is 0 Å². The second kappa shape index (κ2) is 2.54. The van der Waals surface area contributed by atoms with E-state index >= 15 is 0 Å². The van der Waals surface area contributed by atoms with Crippen molar-refractivity contribution < 1.29 is 0 Å². The first kappa shape index (κ1) is 6.66. The third-order valence-electron chi connectivity index (χ3n) is 3.15. The molecule has 0 aromatic rings. The minimum absolute atomic E-state index is 0.586. The van der Waals surface area contributed by atoms with E-state index in [-0.39, 0.29) is 0 Å². The van der Waals surface area contributed by atoms with Crippen molar-refractivity contribution in [2.24, 2.45) is 17.6 Å². The van der Waals surface area contributed by atoms with Gasteiger partial charge in [0.15, 0.2) is 0 Å². The average molecular weight is 139 g/mol. The fourth-order valence-corrected chi connectivity index (χ4v) is 2.34. The Bertz CT molecular complexity index is 116. The maximum Gasteiger partial charge on any atom is 0.00737 e. The van der Waals surface area contributed by atoms with Gasteiger partial charge in [0.05, 0.1) is 0 Å². The smallest absolute Gasteiger partial charge is 0.00737 e. The van der Waals surface area contributed by atoms with Crippen LogP contribution in [-0.4, -0.2) is 6.04 Å². The fourth-order valence-electron chi connectivity index (χ4n) is 2.34. The third kappa shape index (κ3) is 1.20. The van der Waals surface area contributed by atoms with E-state index in [9.17, 15) is 0 Å². The zero-order valence-corrected chi connectivity index (χ0v) is 6.55. The van der Waals surface area contributed by atoms with Crippen LogP contribution in [0.1, 0.15) is 38.5 Å². The van der Waals surface area contributed by atoms with E-state index < -0.39 is 0 Å². The largest absolute Gasteiger partial charge is 0.327 e. The lowest BCUT2D eigenvalue weighted by Gasteiger charge is -2.20. The highest BCUT2D eigenvalue weighted by Crippen LogP contribution is 2.42.